The van der Waals surface area contributed by atoms with E-state index in [-0.39, 0.29) is 12.5 Å². The summed E-state index contributed by atoms with van der Waals surface area (Å²) >= 11 is 0. The summed E-state index contributed by atoms with van der Waals surface area (Å²) in [6, 6.07) is 0. The fourth-order valence-electron chi connectivity index (χ4n) is 1.44. The van der Waals surface area contributed by atoms with Gasteiger partial charge in [0.25, 0.3) is 10.2 Å². The molecule has 0 saturated heterocycles. The summed E-state index contributed by atoms with van der Waals surface area (Å²) in [7, 11) is 3.46. The Morgan fingerprint density at radius 1 is 1.05 bits per heavy atom. The second-order valence-corrected chi connectivity index (χ2v) is 6.81. The summed E-state index contributed by atoms with van der Waals surface area (Å²) in [5, 5.41) is 0. The average Bonchev–Trinajstić information content (AvgIpc) is 2.25. The normalized spacial score (nSPS) is 12.2. The Bertz CT molecular complexity index is 368. The van der Waals surface area contributed by atoms with Crippen LogP contribution in [0, 0.1) is 0 Å². The molecule has 0 radical (unpaired) electrons. The molecule has 1 N–H and O–H groups in total. The molecule has 0 aliphatic rings. The molecule has 7 nitrogen and oxygen atoms in total. The molecular weight excluding hydrogens is 268 g/mol. The van der Waals surface area contributed by atoms with Crippen LogP contribution in [0.5, 0.6) is 0 Å². The quantitative estimate of drug-likeness (QED) is 0.603. The van der Waals surface area contributed by atoms with E-state index in [9.17, 15) is 13.2 Å². The van der Waals surface area contributed by atoms with Crippen molar-refractivity contribution < 1.29 is 13.2 Å². The first-order valence-corrected chi connectivity index (χ1v) is 7.68. The van der Waals surface area contributed by atoms with Crippen LogP contribution in [-0.2, 0) is 15.0 Å². The topological polar surface area (TPSA) is 73.0 Å². The Balaban J connectivity index is 4.13. The van der Waals surface area contributed by atoms with Crippen LogP contribution >= 0.6 is 0 Å². The standard InChI is InChI=1S/C11H26N4O3S/c1-11(16)15(9-6-8-13(2)3)10-7-12-19(17,18)14(4)5/h12H,6-10H2,1-5H3. The SMILES string of the molecule is CC(=O)N(CCCN(C)C)CCNS(=O)(=O)N(C)C. The van der Waals surface area contributed by atoms with Gasteiger partial charge in [0.1, 0.15) is 0 Å². The van der Waals surface area contributed by atoms with Gasteiger partial charge in [-0.1, -0.05) is 0 Å². The van der Waals surface area contributed by atoms with E-state index in [2.05, 4.69) is 4.72 Å². The van der Waals surface area contributed by atoms with E-state index >= 15 is 0 Å². The van der Waals surface area contributed by atoms with E-state index in [1.807, 2.05) is 19.0 Å². The Hall–Kier alpha value is -0.700. The molecular formula is C11H26N4O3S. The molecule has 0 aliphatic heterocycles. The predicted octanol–water partition coefficient (Wildman–Crippen LogP) is -0.817. The minimum Gasteiger partial charge on any atom is -0.342 e. The van der Waals surface area contributed by atoms with Gasteiger partial charge >= 0.3 is 0 Å². The van der Waals surface area contributed by atoms with Crippen molar-refractivity contribution in [2.75, 3.05) is 54.4 Å². The van der Waals surface area contributed by atoms with E-state index < -0.39 is 10.2 Å². The zero-order chi connectivity index (χ0) is 15.1. The van der Waals surface area contributed by atoms with Gasteiger partial charge in [0.2, 0.25) is 5.91 Å². The number of hydrogen-bond acceptors (Lipinski definition) is 4. The third-order valence-electron chi connectivity index (χ3n) is 2.63. The number of nitrogens with zero attached hydrogens (tertiary/aromatic N) is 3. The first-order valence-electron chi connectivity index (χ1n) is 6.24. The second-order valence-electron chi connectivity index (χ2n) is 4.84. The number of nitrogens with one attached hydrogen (secondary N) is 1. The van der Waals surface area contributed by atoms with E-state index in [1.165, 1.54) is 21.0 Å². The number of hydrogen-bond donors (Lipinski definition) is 1. The van der Waals surface area contributed by atoms with Crippen LogP contribution in [0.15, 0.2) is 0 Å². The zero-order valence-corrected chi connectivity index (χ0v) is 13.3. The minimum atomic E-state index is -3.42. The maximum absolute atomic E-state index is 11.5. The number of rotatable bonds is 9. The van der Waals surface area contributed by atoms with Crippen molar-refractivity contribution in [2.45, 2.75) is 13.3 Å². The summed E-state index contributed by atoms with van der Waals surface area (Å²) < 4.78 is 26.5. The largest absolute Gasteiger partial charge is 0.342 e. The van der Waals surface area contributed by atoms with Crippen molar-refractivity contribution in [1.82, 2.24) is 18.8 Å². The molecule has 0 heterocycles. The molecule has 0 rings (SSSR count). The highest BCUT2D eigenvalue weighted by Gasteiger charge is 2.14. The first-order chi connectivity index (χ1) is 8.66. The van der Waals surface area contributed by atoms with Gasteiger partial charge in [-0.2, -0.15) is 12.7 Å². The zero-order valence-electron chi connectivity index (χ0n) is 12.5. The summed E-state index contributed by atoms with van der Waals surface area (Å²) in [6.07, 6.45) is 0.868. The number of amides is 1. The van der Waals surface area contributed by atoms with E-state index in [0.29, 0.717) is 13.1 Å². The van der Waals surface area contributed by atoms with E-state index in [1.54, 1.807) is 4.90 Å². The van der Waals surface area contributed by atoms with Crippen LogP contribution in [0.25, 0.3) is 0 Å². The van der Waals surface area contributed by atoms with Crippen LogP contribution in [0.3, 0.4) is 0 Å². The van der Waals surface area contributed by atoms with Crippen LogP contribution in [-0.4, -0.2) is 82.8 Å². The molecule has 0 aromatic rings. The van der Waals surface area contributed by atoms with Gasteiger partial charge in [-0.05, 0) is 27.1 Å². The van der Waals surface area contributed by atoms with Crippen LogP contribution in [0.2, 0.25) is 0 Å². The number of carbonyl (C=O) groups is 1. The predicted molar refractivity (Wildman–Crippen MR) is 76.0 cm³/mol. The minimum absolute atomic E-state index is 0.0391. The molecule has 0 aromatic carbocycles. The molecule has 114 valence electrons. The lowest BCUT2D eigenvalue weighted by Crippen LogP contribution is -2.42. The van der Waals surface area contributed by atoms with Gasteiger partial charge in [0.15, 0.2) is 0 Å². The van der Waals surface area contributed by atoms with Crippen molar-refractivity contribution in [2.24, 2.45) is 0 Å². The maximum Gasteiger partial charge on any atom is 0.278 e. The Kier molecular flexibility index (Phi) is 8.15. The molecule has 8 heteroatoms. The fourth-order valence-corrected chi connectivity index (χ4v) is 2.05. The Morgan fingerprint density at radius 3 is 2.05 bits per heavy atom. The molecule has 1 amide bonds. The third-order valence-corrected chi connectivity index (χ3v) is 4.16. The highest BCUT2D eigenvalue weighted by molar-refractivity contribution is 7.87. The maximum atomic E-state index is 11.5. The molecule has 0 unspecified atom stereocenters. The van der Waals surface area contributed by atoms with Gasteiger partial charge in [0.05, 0.1) is 0 Å². The van der Waals surface area contributed by atoms with E-state index in [0.717, 1.165) is 17.3 Å². The molecule has 0 atom stereocenters. The smallest absolute Gasteiger partial charge is 0.278 e. The Labute approximate surface area is 116 Å². The van der Waals surface area contributed by atoms with Crippen LogP contribution in [0.4, 0.5) is 0 Å². The molecule has 19 heavy (non-hydrogen) atoms. The van der Waals surface area contributed by atoms with Gasteiger partial charge in [-0.25, -0.2) is 4.72 Å². The van der Waals surface area contributed by atoms with Crippen LogP contribution < -0.4 is 4.72 Å². The Morgan fingerprint density at radius 2 is 1.63 bits per heavy atom. The highest BCUT2D eigenvalue weighted by Crippen LogP contribution is 1.95. The first kappa shape index (κ1) is 18.3. The average molecular weight is 294 g/mol. The second kappa shape index (κ2) is 8.47. The molecule has 0 bridgehead atoms. The molecule has 0 saturated carbocycles. The summed E-state index contributed by atoms with van der Waals surface area (Å²) in [5.74, 6) is -0.0391. The monoisotopic (exact) mass is 294 g/mol. The van der Waals surface area contributed by atoms with Gasteiger partial charge in [-0.3, -0.25) is 4.79 Å². The fraction of sp³-hybridized carbons (Fsp3) is 0.909. The van der Waals surface area contributed by atoms with E-state index in [4.69, 9.17) is 0 Å². The van der Waals surface area contributed by atoms with Gasteiger partial charge < -0.3 is 9.80 Å². The lowest BCUT2D eigenvalue weighted by Gasteiger charge is -2.22. The van der Waals surface area contributed by atoms with Crippen molar-refractivity contribution in [3.63, 3.8) is 0 Å². The summed E-state index contributed by atoms with van der Waals surface area (Å²) in [5.41, 5.74) is 0. The number of carbonyl (C=O) groups excluding carboxylic acids is 1. The summed E-state index contributed by atoms with van der Waals surface area (Å²) in [6.45, 7) is 3.64. The third kappa shape index (κ3) is 8.14. The highest BCUT2D eigenvalue weighted by atomic mass is 32.2. The summed E-state index contributed by atoms with van der Waals surface area (Å²) in [4.78, 5) is 15.1. The lowest BCUT2D eigenvalue weighted by molar-refractivity contribution is -0.128. The van der Waals surface area contributed by atoms with Crippen molar-refractivity contribution >= 4 is 16.1 Å². The van der Waals surface area contributed by atoms with Crippen molar-refractivity contribution in [3.8, 4) is 0 Å². The van der Waals surface area contributed by atoms with Gasteiger partial charge in [-0.15, -0.1) is 0 Å². The van der Waals surface area contributed by atoms with Crippen molar-refractivity contribution in [1.29, 1.82) is 0 Å². The van der Waals surface area contributed by atoms with Crippen LogP contribution in [0.1, 0.15) is 13.3 Å². The molecule has 0 spiro atoms. The lowest BCUT2D eigenvalue weighted by atomic mass is 10.3. The molecule has 0 aliphatic carbocycles. The van der Waals surface area contributed by atoms with Gasteiger partial charge in [0, 0.05) is 40.7 Å². The molecule has 0 aromatic heterocycles. The molecule has 0 fully saturated rings. The van der Waals surface area contributed by atoms with Crippen molar-refractivity contribution in [3.05, 3.63) is 0 Å².